The zero-order chi connectivity index (χ0) is 12.8. The van der Waals surface area contributed by atoms with Crippen molar-refractivity contribution < 1.29 is 9.18 Å². The summed E-state index contributed by atoms with van der Waals surface area (Å²) in [5, 5.41) is 0.0810. The Bertz CT molecular complexity index is 388. The quantitative estimate of drug-likeness (QED) is 0.737. The van der Waals surface area contributed by atoms with Gasteiger partial charge in [0.15, 0.2) is 0 Å². The third-order valence-corrected chi connectivity index (χ3v) is 2.95. The highest BCUT2D eigenvalue weighted by Crippen LogP contribution is 2.19. The number of rotatable bonds is 6. The molecule has 0 fully saturated rings. The van der Waals surface area contributed by atoms with E-state index in [2.05, 4.69) is 13.8 Å². The molecule has 0 heterocycles. The van der Waals surface area contributed by atoms with E-state index in [4.69, 9.17) is 11.6 Å². The maximum Gasteiger partial charge on any atom is 0.145 e. The summed E-state index contributed by atoms with van der Waals surface area (Å²) in [6.45, 7) is 4.25. The Labute approximate surface area is 107 Å². The molecule has 0 bridgehead atoms. The molecule has 94 valence electrons. The predicted octanol–water partition coefficient (Wildman–Crippen LogP) is 4.42. The average Bonchev–Trinajstić information content (AvgIpc) is 2.24. The molecular weight excluding hydrogens is 239 g/mol. The maximum atomic E-state index is 13.5. The van der Waals surface area contributed by atoms with E-state index in [-0.39, 0.29) is 17.2 Å². The lowest BCUT2D eigenvalue weighted by atomic mass is 10.0. The molecule has 0 aliphatic heterocycles. The van der Waals surface area contributed by atoms with Crippen molar-refractivity contribution in [1.29, 1.82) is 0 Å². The van der Waals surface area contributed by atoms with Crippen LogP contribution in [-0.2, 0) is 11.2 Å². The van der Waals surface area contributed by atoms with Gasteiger partial charge in [-0.1, -0.05) is 44.0 Å². The summed E-state index contributed by atoms with van der Waals surface area (Å²) in [6, 6.07) is 4.77. The fourth-order valence-corrected chi connectivity index (χ4v) is 1.89. The van der Waals surface area contributed by atoms with E-state index < -0.39 is 5.82 Å². The fourth-order valence-electron chi connectivity index (χ4n) is 1.69. The van der Waals surface area contributed by atoms with E-state index in [1.165, 1.54) is 6.07 Å². The van der Waals surface area contributed by atoms with E-state index in [0.29, 0.717) is 17.9 Å². The van der Waals surface area contributed by atoms with Crippen molar-refractivity contribution in [2.75, 3.05) is 0 Å². The Kier molecular flexibility index (Phi) is 5.63. The van der Waals surface area contributed by atoms with E-state index in [1.807, 2.05) is 0 Å². The van der Waals surface area contributed by atoms with E-state index in [1.54, 1.807) is 12.1 Å². The van der Waals surface area contributed by atoms with Gasteiger partial charge in [-0.15, -0.1) is 0 Å². The van der Waals surface area contributed by atoms with Crippen LogP contribution in [-0.4, -0.2) is 5.78 Å². The van der Waals surface area contributed by atoms with Crippen LogP contribution < -0.4 is 0 Å². The first-order valence-corrected chi connectivity index (χ1v) is 6.33. The van der Waals surface area contributed by atoms with Crippen LogP contribution in [0.1, 0.15) is 38.7 Å². The molecule has 3 heteroatoms. The van der Waals surface area contributed by atoms with Gasteiger partial charge >= 0.3 is 0 Å². The number of carbonyl (C=O) groups excluding carboxylic acids is 1. The third kappa shape index (κ3) is 4.86. The summed E-state index contributed by atoms with van der Waals surface area (Å²) in [7, 11) is 0. The summed E-state index contributed by atoms with van der Waals surface area (Å²) in [5.41, 5.74) is 0.395. The first kappa shape index (κ1) is 14.2. The molecule has 0 aromatic heterocycles. The first-order chi connectivity index (χ1) is 8.00. The summed E-state index contributed by atoms with van der Waals surface area (Å²) < 4.78 is 13.5. The highest BCUT2D eigenvalue weighted by molar-refractivity contribution is 6.30. The van der Waals surface area contributed by atoms with Gasteiger partial charge in [0.1, 0.15) is 11.6 Å². The molecule has 1 aromatic carbocycles. The Morgan fingerprint density at radius 2 is 2.12 bits per heavy atom. The van der Waals surface area contributed by atoms with Crippen molar-refractivity contribution in [3.63, 3.8) is 0 Å². The zero-order valence-corrected chi connectivity index (χ0v) is 11.1. The number of halogens is 2. The van der Waals surface area contributed by atoms with Gasteiger partial charge in [0.05, 0.1) is 5.02 Å². The molecule has 0 aliphatic rings. The Morgan fingerprint density at radius 3 is 2.76 bits per heavy atom. The van der Waals surface area contributed by atoms with Crippen molar-refractivity contribution >= 4 is 17.4 Å². The third-order valence-electron chi connectivity index (χ3n) is 2.66. The predicted molar refractivity (Wildman–Crippen MR) is 68.8 cm³/mol. The molecule has 0 amide bonds. The van der Waals surface area contributed by atoms with Crippen molar-refractivity contribution in [2.45, 2.75) is 39.5 Å². The summed E-state index contributed by atoms with van der Waals surface area (Å²) in [6.07, 6.45) is 2.57. The van der Waals surface area contributed by atoms with Gasteiger partial charge in [0.25, 0.3) is 0 Å². The Balaban J connectivity index is 2.48. The van der Waals surface area contributed by atoms with Crippen molar-refractivity contribution in [3.05, 3.63) is 34.6 Å². The van der Waals surface area contributed by atoms with Crippen LogP contribution in [0, 0.1) is 11.7 Å². The van der Waals surface area contributed by atoms with Crippen molar-refractivity contribution in [2.24, 2.45) is 5.92 Å². The van der Waals surface area contributed by atoms with Gasteiger partial charge in [-0.3, -0.25) is 4.79 Å². The molecule has 17 heavy (non-hydrogen) atoms. The molecule has 1 rings (SSSR count). The van der Waals surface area contributed by atoms with Crippen molar-refractivity contribution in [3.8, 4) is 0 Å². The van der Waals surface area contributed by atoms with Crippen LogP contribution in [0.4, 0.5) is 4.39 Å². The van der Waals surface area contributed by atoms with Crippen LogP contribution in [0.2, 0.25) is 5.02 Å². The molecule has 1 nitrogen and oxygen atoms in total. The monoisotopic (exact) mass is 256 g/mol. The molecule has 0 spiro atoms. The SMILES string of the molecule is CC(C)CCCC(=O)Cc1cccc(Cl)c1F. The number of carbonyl (C=O) groups is 1. The number of hydrogen-bond acceptors (Lipinski definition) is 1. The second kappa shape index (κ2) is 6.75. The van der Waals surface area contributed by atoms with Gasteiger partial charge in [0.2, 0.25) is 0 Å². The van der Waals surface area contributed by atoms with Crippen LogP contribution in [0.5, 0.6) is 0 Å². The molecule has 0 aliphatic carbocycles. The zero-order valence-electron chi connectivity index (χ0n) is 10.3. The Morgan fingerprint density at radius 1 is 1.41 bits per heavy atom. The fraction of sp³-hybridized carbons (Fsp3) is 0.500. The smallest absolute Gasteiger partial charge is 0.145 e. The standard InChI is InChI=1S/C14H18ClFO/c1-10(2)5-3-7-12(17)9-11-6-4-8-13(15)14(11)16/h4,6,8,10H,3,5,7,9H2,1-2H3. The minimum atomic E-state index is -0.466. The lowest BCUT2D eigenvalue weighted by molar-refractivity contribution is -0.118. The average molecular weight is 257 g/mol. The summed E-state index contributed by atoms with van der Waals surface area (Å²) in [4.78, 5) is 11.6. The van der Waals surface area contributed by atoms with Crippen molar-refractivity contribution in [1.82, 2.24) is 0 Å². The molecule has 0 radical (unpaired) electrons. The highest BCUT2D eigenvalue weighted by Gasteiger charge is 2.10. The van der Waals surface area contributed by atoms with E-state index in [9.17, 15) is 9.18 Å². The largest absolute Gasteiger partial charge is 0.299 e. The number of hydrogen-bond donors (Lipinski definition) is 0. The number of ketones is 1. The van der Waals surface area contributed by atoms with Gasteiger partial charge in [-0.25, -0.2) is 4.39 Å². The number of benzene rings is 1. The van der Waals surface area contributed by atoms with Crippen LogP contribution in [0.15, 0.2) is 18.2 Å². The van der Waals surface area contributed by atoms with E-state index >= 15 is 0 Å². The molecule has 0 atom stereocenters. The second-order valence-corrected chi connectivity index (χ2v) is 5.12. The van der Waals surface area contributed by atoms with Crippen LogP contribution >= 0.6 is 11.6 Å². The topological polar surface area (TPSA) is 17.1 Å². The van der Waals surface area contributed by atoms with Gasteiger partial charge < -0.3 is 0 Å². The van der Waals surface area contributed by atoms with Gasteiger partial charge in [0, 0.05) is 12.8 Å². The van der Waals surface area contributed by atoms with Gasteiger partial charge in [-0.05, 0) is 24.0 Å². The van der Waals surface area contributed by atoms with Crippen LogP contribution in [0.25, 0.3) is 0 Å². The maximum absolute atomic E-state index is 13.5. The van der Waals surface area contributed by atoms with E-state index in [0.717, 1.165) is 12.8 Å². The molecule has 0 N–H and O–H groups in total. The Hall–Kier alpha value is -0.890. The second-order valence-electron chi connectivity index (χ2n) is 4.71. The molecular formula is C14H18ClFO. The molecule has 1 aromatic rings. The number of Topliss-reactive ketones (excluding diaryl/α,β-unsaturated/α-hetero) is 1. The minimum absolute atomic E-state index is 0.0758. The van der Waals surface area contributed by atoms with Crippen LogP contribution in [0.3, 0.4) is 0 Å². The molecule has 0 saturated carbocycles. The molecule has 0 saturated heterocycles. The lowest BCUT2D eigenvalue weighted by Gasteiger charge is -2.05. The normalized spacial score (nSPS) is 10.9. The highest BCUT2D eigenvalue weighted by atomic mass is 35.5. The first-order valence-electron chi connectivity index (χ1n) is 5.95. The summed E-state index contributed by atoms with van der Waals surface area (Å²) >= 11 is 5.66. The summed E-state index contributed by atoms with van der Waals surface area (Å²) in [5.74, 6) is 0.212. The van der Waals surface area contributed by atoms with Gasteiger partial charge in [-0.2, -0.15) is 0 Å². The minimum Gasteiger partial charge on any atom is -0.299 e. The molecule has 0 unspecified atom stereocenters. The lowest BCUT2D eigenvalue weighted by Crippen LogP contribution is -2.05.